The van der Waals surface area contributed by atoms with Crippen LogP contribution in [0.15, 0.2) is 42.5 Å². The summed E-state index contributed by atoms with van der Waals surface area (Å²) in [5.74, 6) is 0.785. The van der Waals surface area contributed by atoms with Crippen LogP contribution in [0.1, 0.15) is 23.7 Å². The summed E-state index contributed by atoms with van der Waals surface area (Å²) >= 11 is 0. The van der Waals surface area contributed by atoms with Crippen molar-refractivity contribution in [1.29, 1.82) is 5.26 Å². The molecule has 24 heavy (non-hydrogen) atoms. The van der Waals surface area contributed by atoms with E-state index in [-0.39, 0.29) is 0 Å². The van der Waals surface area contributed by atoms with E-state index < -0.39 is 11.7 Å². The number of aryl methyl sites for hydroxylation is 1. The Balaban J connectivity index is 1.98. The monoisotopic (exact) mass is 330 g/mol. The fourth-order valence-corrected chi connectivity index (χ4v) is 2.46. The Kier molecular flexibility index (Phi) is 3.94. The maximum absolute atomic E-state index is 12.6. The molecule has 6 heteroatoms. The van der Waals surface area contributed by atoms with Gasteiger partial charge in [-0.05, 0) is 48.9 Å². The van der Waals surface area contributed by atoms with Crippen LogP contribution in [0.4, 0.5) is 13.2 Å². The summed E-state index contributed by atoms with van der Waals surface area (Å²) in [5, 5.41) is 9.92. The highest BCUT2D eigenvalue weighted by molar-refractivity contribution is 5.91. The van der Waals surface area contributed by atoms with Gasteiger partial charge in [0, 0.05) is 11.1 Å². The zero-order valence-electron chi connectivity index (χ0n) is 12.7. The number of nitriles is 1. The van der Waals surface area contributed by atoms with Gasteiger partial charge in [-0.25, -0.2) is 0 Å². The molecule has 0 amide bonds. The molecule has 1 heterocycles. The van der Waals surface area contributed by atoms with Crippen molar-refractivity contribution in [2.45, 2.75) is 19.5 Å². The first kappa shape index (κ1) is 15.9. The number of nitrogens with one attached hydrogen (secondary N) is 1. The first-order chi connectivity index (χ1) is 11.4. The number of alkyl halides is 3. The Bertz CT molecular complexity index is 918. The number of ether oxygens (including phenoxy) is 1. The zero-order valence-corrected chi connectivity index (χ0v) is 12.7. The van der Waals surface area contributed by atoms with E-state index in [0.717, 1.165) is 29.6 Å². The minimum absolute atomic E-state index is 0.299. The van der Waals surface area contributed by atoms with E-state index in [0.29, 0.717) is 22.6 Å². The second kappa shape index (κ2) is 5.93. The Morgan fingerprint density at radius 2 is 1.83 bits per heavy atom. The molecule has 0 saturated heterocycles. The van der Waals surface area contributed by atoms with Crippen molar-refractivity contribution in [2.75, 3.05) is 0 Å². The molecule has 0 unspecified atom stereocenters. The molecule has 2 aromatic carbocycles. The molecule has 3 nitrogen and oxygen atoms in total. The van der Waals surface area contributed by atoms with Crippen molar-refractivity contribution in [2.24, 2.45) is 0 Å². The SMILES string of the molecule is CCc1cc2c(Oc3ccc(C(F)(F)F)cc3)ccc(C#N)c2[nH]1. The molecule has 122 valence electrons. The lowest BCUT2D eigenvalue weighted by molar-refractivity contribution is -0.137. The van der Waals surface area contributed by atoms with E-state index in [9.17, 15) is 18.4 Å². The molecule has 0 bridgehead atoms. The number of hydrogen-bond acceptors (Lipinski definition) is 2. The molecular weight excluding hydrogens is 317 g/mol. The number of H-pyrrole nitrogens is 1. The maximum atomic E-state index is 12.6. The van der Waals surface area contributed by atoms with Gasteiger partial charge in [0.05, 0.1) is 16.6 Å². The third-order valence-corrected chi connectivity index (χ3v) is 3.72. The summed E-state index contributed by atoms with van der Waals surface area (Å²) < 4.78 is 43.5. The summed E-state index contributed by atoms with van der Waals surface area (Å²) in [6, 6.07) is 11.8. The number of nitrogens with zero attached hydrogens (tertiary/aromatic N) is 1. The smallest absolute Gasteiger partial charge is 0.416 e. The third-order valence-electron chi connectivity index (χ3n) is 3.72. The van der Waals surface area contributed by atoms with Gasteiger partial charge in [-0.1, -0.05) is 6.92 Å². The Labute approximate surface area is 136 Å². The number of hydrogen-bond donors (Lipinski definition) is 1. The molecular formula is C18H13F3N2O. The van der Waals surface area contributed by atoms with E-state index in [1.165, 1.54) is 12.1 Å². The van der Waals surface area contributed by atoms with Crippen molar-refractivity contribution in [1.82, 2.24) is 4.98 Å². The number of rotatable bonds is 3. The van der Waals surface area contributed by atoms with Crippen LogP contribution in [0.3, 0.4) is 0 Å². The number of aromatic amines is 1. The van der Waals surface area contributed by atoms with Crippen molar-refractivity contribution in [3.63, 3.8) is 0 Å². The lowest BCUT2D eigenvalue weighted by Gasteiger charge is -2.10. The predicted molar refractivity (Wildman–Crippen MR) is 83.9 cm³/mol. The van der Waals surface area contributed by atoms with Crippen LogP contribution < -0.4 is 4.74 Å². The number of halogens is 3. The van der Waals surface area contributed by atoms with Gasteiger partial charge in [-0.2, -0.15) is 18.4 Å². The van der Waals surface area contributed by atoms with Gasteiger partial charge >= 0.3 is 6.18 Å². The van der Waals surface area contributed by atoms with E-state index in [1.54, 1.807) is 12.1 Å². The van der Waals surface area contributed by atoms with Crippen LogP contribution in [0.5, 0.6) is 11.5 Å². The van der Waals surface area contributed by atoms with Crippen molar-refractivity contribution >= 4 is 10.9 Å². The summed E-state index contributed by atoms with van der Waals surface area (Å²) in [6.45, 7) is 1.98. The molecule has 0 aliphatic heterocycles. The standard InChI is InChI=1S/C18H13F3N2O/c1-2-13-9-15-16(8-3-11(10-22)17(15)23-13)24-14-6-4-12(5-7-14)18(19,20)21/h3-9,23H,2H2,1H3. The quantitative estimate of drug-likeness (QED) is 0.698. The van der Waals surface area contributed by atoms with Gasteiger partial charge in [-0.15, -0.1) is 0 Å². The van der Waals surface area contributed by atoms with Gasteiger partial charge in [0.25, 0.3) is 0 Å². The minimum Gasteiger partial charge on any atom is -0.457 e. The Morgan fingerprint density at radius 3 is 2.42 bits per heavy atom. The van der Waals surface area contributed by atoms with Crippen LogP contribution in [0.2, 0.25) is 0 Å². The normalized spacial score (nSPS) is 11.5. The van der Waals surface area contributed by atoms with Gasteiger partial charge in [0.2, 0.25) is 0 Å². The molecule has 0 fully saturated rings. The lowest BCUT2D eigenvalue weighted by atomic mass is 10.1. The van der Waals surface area contributed by atoms with E-state index in [2.05, 4.69) is 11.1 Å². The fourth-order valence-electron chi connectivity index (χ4n) is 2.46. The Hall–Kier alpha value is -2.94. The number of fused-ring (bicyclic) bond motifs is 1. The van der Waals surface area contributed by atoms with Crippen LogP contribution in [-0.2, 0) is 12.6 Å². The molecule has 0 saturated carbocycles. The molecule has 0 radical (unpaired) electrons. The summed E-state index contributed by atoms with van der Waals surface area (Å²) in [5.41, 5.74) is 1.38. The van der Waals surface area contributed by atoms with Crippen LogP contribution in [0, 0.1) is 11.3 Å². The highest BCUT2D eigenvalue weighted by Gasteiger charge is 2.30. The van der Waals surface area contributed by atoms with Crippen LogP contribution in [-0.4, -0.2) is 4.98 Å². The summed E-state index contributed by atoms with van der Waals surface area (Å²) in [6.07, 6.45) is -3.61. The fraction of sp³-hybridized carbons (Fsp3) is 0.167. The molecule has 3 aromatic rings. The molecule has 3 rings (SSSR count). The highest BCUT2D eigenvalue weighted by atomic mass is 19.4. The van der Waals surface area contributed by atoms with Crippen molar-refractivity contribution in [3.8, 4) is 17.6 Å². The van der Waals surface area contributed by atoms with E-state index in [4.69, 9.17) is 4.74 Å². The van der Waals surface area contributed by atoms with Crippen molar-refractivity contribution in [3.05, 3.63) is 59.3 Å². The molecule has 1 N–H and O–H groups in total. The lowest BCUT2D eigenvalue weighted by Crippen LogP contribution is -2.04. The number of benzene rings is 2. The maximum Gasteiger partial charge on any atom is 0.416 e. The predicted octanol–water partition coefficient (Wildman–Crippen LogP) is 5.41. The molecule has 0 spiro atoms. The zero-order chi connectivity index (χ0) is 17.3. The van der Waals surface area contributed by atoms with Gasteiger partial charge in [-0.3, -0.25) is 0 Å². The highest BCUT2D eigenvalue weighted by Crippen LogP contribution is 2.34. The largest absolute Gasteiger partial charge is 0.457 e. The van der Waals surface area contributed by atoms with Crippen molar-refractivity contribution < 1.29 is 17.9 Å². The molecule has 1 aromatic heterocycles. The van der Waals surface area contributed by atoms with Gasteiger partial charge < -0.3 is 9.72 Å². The molecule has 0 aliphatic rings. The summed E-state index contributed by atoms with van der Waals surface area (Å²) in [4.78, 5) is 3.17. The van der Waals surface area contributed by atoms with E-state index >= 15 is 0 Å². The topological polar surface area (TPSA) is 48.8 Å². The van der Waals surface area contributed by atoms with Gasteiger partial charge in [0.15, 0.2) is 0 Å². The Morgan fingerprint density at radius 1 is 1.12 bits per heavy atom. The average molecular weight is 330 g/mol. The van der Waals surface area contributed by atoms with Crippen LogP contribution in [0.25, 0.3) is 10.9 Å². The van der Waals surface area contributed by atoms with Crippen LogP contribution >= 0.6 is 0 Å². The van der Waals surface area contributed by atoms with Gasteiger partial charge in [0.1, 0.15) is 17.6 Å². The minimum atomic E-state index is -4.38. The number of aromatic nitrogens is 1. The average Bonchev–Trinajstić information content (AvgIpc) is 2.99. The summed E-state index contributed by atoms with van der Waals surface area (Å²) in [7, 11) is 0. The third kappa shape index (κ3) is 2.93. The van der Waals surface area contributed by atoms with E-state index in [1.807, 2.05) is 13.0 Å². The molecule has 0 atom stereocenters. The molecule has 0 aliphatic carbocycles. The first-order valence-corrected chi connectivity index (χ1v) is 7.32. The second-order valence-corrected chi connectivity index (χ2v) is 5.28. The second-order valence-electron chi connectivity index (χ2n) is 5.28. The first-order valence-electron chi connectivity index (χ1n) is 7.32.